The van der Waals surface area contributed by atoms with E-state index in [2.05, 4.69) is 10.6 Å². The Balaban J connectivity index is 1.52. The fourth-order valence-corrected chi connectivity index (χ4v) is 2.56. The van der Waals surface area contributed by atoms with E-state index in [-0.39, 0.29) is 12.5 Å². The highest BCUT2D eigenvalue weighted by Gasteiger charge is 2.07. The Kier molecular flexibility index (Phi) is 6.36. The zero-order valence-corrected chi connectivity index (χ0v) is 15.8. The normalized spacial score (nSPS) is 10.1. The zero-order valence-electron chi connectivity index (χ0n) is 15.8. The summed E-state index contributed by atoms with van der Waals surface area (Å²) in [4.78, 5) is 12.2. The predicted molar refractivity (Wildman–Crippen MR) is 110 cm³/mol. The number of nitrogens with one attached hydrogen (secondary N) is 2. The fraction of sp³-hybridized carbons (Fsp3) is 0.136. The van der Waals surface area contributed by atoms with Crippen molar-refractivity contribution in [1.82, 2.24) is 0 Å². The quantitative estimate of drug-likeness (QED) is 0.602. The molecule has 6 heteroatoms. The number of ether oxygens (including phenoxy) is 3. The molecule has 0 aliphatic rings. The number of rotatable bonds is 8. The molecule has 144 valence electrons. The third-order valence-corrected chi connectivity index (χ3v) is 3.95. The van der Waals surface area contributed by atoms with Gasteiger partial charge in [0.05, 0.1) is 20.8 Å². The summed E-state index contributed by atoms with van der Waals surface area (Å²) in [5, 5.41) is 5.90. The van der Waals surface area contributed by atoms with Gasteiger partial charge in [-0.15, -0.1) is 0 Å². The lowest BCUT2D eigenvalue weighted by Gasteiger charge is -2.12. The smallest absolute Gasteiger partial charge is 0.243 e. The number of carbonyl (C=O) groups excluding carboxylic acids is 1. The maximum Gasteiger partial charge on any atom is 0.243 e. The van der Waals surface area contributed by atoms with E-state index in [1.165, 1.54) is 0 Å². The monoisotopic (exact) mass is 378 g/mol. The topological polar surface area (TPSA) is 68.8 Å². The van der Waals surface area contributed by atoms with Crippen LogP contribution in [0.5, 0.6) is 23.0 Å². The number of amides is 1. The number of anilines is 2. The lowest BCUT2D eigenvalue weighted by Crippen LogP contribution is -2.21. The molecule has 0 aliphatic carbocycles. The first-order valence-electron chi connectivity index (χ1n) is 8.76. The molecule has 0 spiro atoms. The molecule has 3 rings (SSSR count). The first kappa shape index (κ1) is 19.1. The SMILES string of the molecule is COc1ccc(NCC(=O)Nc2ccc(Oc3ccccc3)cc2)cc1OC. The van der Waals surface area contributed by atoms with Gasteiger partial charge in [0, 0.05) is 17.4 Å². The van der Waals surface area contributed by atoms with Gasteiger partial charge in [-0.05, 0) is 48.5 Å². The summed E-state index contributed by atoms with van der Waals surface area (Å²) in [7, 11) is 3.15. The number of methoxy groups -OCH3 is 2. The summed E-state index contributed by atoms with van der Waals surface area (Å²) in [6.07, 6.45) is 0. The van der Waals surface area contributed by atoms with Crippen LogP contribution in [0.3, 0.4) is 0 Å². The first-order chi connectivity index (χ1) is 13.7. The lowest BCUT2D eigenvalue weighted by atomic mass is 10.2. The van der Waals surface area contributed by atoms with Crippen LogP contribution in [0.4, 0.5) is 11.4 Å². The van der Waals surface area contributed by atoms with Crippen molar-refractivity contribution in [1.29, 1.82) is 0 Å². The van der Waals surface area contributed by atoms with E-state index < -0.39 is 0 Å². The Morgan fingerprint density at radius 2 is 1.43 bits per heavy atom. The molecule has 2 N–H and O–H groups in total. The molecule has 3 aromatic rings. The zero-order chi connectivity index (χ0) is 19.8. The molecule has 6 nitrogen and oxygen atoms in total. The Bertz CT molecular complexity index is 912. The van der Waals surface area contributed by atoms with E-state index in [0.717, 1.165) is 11.4 Å². The lowest BCUT2D eigenvalue weighted by molar-refractivity contribution is -0.114. The van der Waals surface area contributed by atoms with E-state index in [0.29, 0.717) is 22.9 Å². The van der Waals surface area contributed by atoms with Gasteiger partial charge in [-0.3, -0.25) is 4.79 Å². The standard InChI is InChI=1S/C22H22N2O4/c1-26-20-13-10-17(14-21(20)27-2)23-15-22(25)24-16-8-11-19(12-9-16)28-18-6-4-3-5-7-18/h3-14,23H,15H2,1-2H3,(H,24,25). The second kappa shape index (κ2) is 9.32. The highest BCUT2D eigenvalue weighted by molar-refractivity contribution is 5.93. The minimum atomic E-state index is -0.161. The van der Waals surface area contributed by atoms with Gasteiger partial charge in [-0.2, -0.15) is 0 Å². The highest BCUT2D eigenvalue weighted by atomic mass is 16.5. The summed E-state index contributed by atoms with van der Waals surface area (Å²) in [5.74, 6) is 2.54. The molecule has 0 atom stereocenters. The molecule has 1 amide bonds. The van der Waals surface area contributed by atoms with Gasteiger partial charge >= 0.3 is 0 Å². The summed E-state index contributed by atoms with van der Waals surface area (Å²) in [6.45, 7) is 0.123. The van der Waals surface area contributed by atoms with Crippen LogP contribution in [0.1, 0.15) is 0 Å². The Labute approximate surface area is 164 Å². The van der Waals surface area contributed by atoms with Crippen molar-refractivity contribution >= 4 is 17.3 Å². The molecule has 0 saturated carbocycles. The minimum absolute atomic E-state index is 0.123. The summed E-state index contributed by atoms with van der Waals surface area (Å²) < 4.78 is 16.2. The Morgan fingerprint density at radius 1 is 0.786 bits per heavy atom. The van der Waals surface area contributed by atoms with Gasteiger partial charge in [0.15, 0.2) is 11.5 Å². The molecule has 0 saturated heterocycles. The number of benzene rings is 3. The molecule has 0 radical (unpaired) electrons. The number of hydrogen-bond acceptors (Lipinski definition) is 5. The van der Waals surface area contributed by atoms with Crippen LogP contribution >= 0.6 is 0 Å². The van der Waals surface area contributed by atoms with Crippen molar-refractivity contribution in [2.45, 2.75) is 0 Å². The van der Waals surface area contributed by atoms with Crippen LogP contribution < -0.4 is 24.8 Å². The molecule has 28 heavy (non-hydrogen) atoms. The largest absolute Gasteiger partial charge is 0.493 e. The second-order valence-corrected chi connectivity index (χ2v) is 5.91. The minimum Gasteiger partial charge on any atom is -0.493 e. The summed E-state index contributed by atoms with van der Waals surface area (Å²) in [6, 6.07) is 22.1. The Hall–Kier alpha value is -3.67. The molecule has 0 fully saturated rings. The second-order valence-electron chi connectivity index (χ2n) is 5.91. The molecule has 0 unspecified atom stereocenters. The van der Waals surface area contributed by atoms with Gasteiger partial charge in [-0.1, -0.05) is 18.2 Å². The van der Waals surface area contributed by atoms with Crippen molar-refractivity contribution in [3.8, 4) is 23.0 Å². The van der Waals surface area contributed by atoms with E-state index >= 15 is 0 Å². The maximum absolute atomic E-state index is 12.2. The van der Waals surface area contributed by atoms with Crippen LogP contribution in [0.15, 0.2) is 72.8 Å². The van der Waals surface area contributed by atoms with Crippen molar-refractivity contribution < 1.29 is 19.0 Å². The first-order valence-corrected chi connectivity index (χ1v) is 8.76. The predicted octanol–water partition coefficient (Wildman–Crippen LogP) is 4.55. The van der Waals surface area contributed by atoms with E-state index in [9.17, 15) is 4.79 Å². The molecule has 0 heterocycles. The number of hydrogen-bond donors (Lipinski definition) is 2. The molecule has 0 bridgehead atoms. The maximum atomic E-state index is 12.2. The van der Waals surface area contributed by atoms with E-state index in [1.54, 1.807) is 38.5 Å². The molecule has 0 aliphatic heterocycles. The Morgan fingerprint density at radius 3 is 2.11 bits per heavy atom. The molecule has 3 aromatic carbocycles. The fourth-order valence-electron chi connectivity index (χ4n) is 2.56. The average Bonchev–Trinajstić information content (AvgIpc) is 2.74. The van der Waals surface area contributed by atoms with Crippen molar-refractivity contribution in [3.05, 3.63) is 72.8 Å². The number of carbonyl (C=O) groups is 1. The molecule has 0 aromatic heterocycles. The van der Waals surface area contributed by atoms with E-state index in [1.807, 2.05) is 48.5 Å². The van der Waals surface area contributed by atoms with Crippen LogP contribution in [0, 0.1) is 0 Å². The average molecular weight is 378 g/mol. The molecular formula is C22H22N2O4. The van der Waals surface area contributed by atoms with Gasteiger partial charge < -0.3 is 24.8 Å². The third kappa shape index (κ3) is 5.17. The van der Waals surface area contributed by atoms with Crippen molar-refractivity contribution in [2.24, 2.45) is 0 Å². The summed E-state index contributed by atoms with van der Waals surface area (Å²) in [5.41, 5.74) is 1.46. The van der Waals surface area contributed by atoms with Gasteiger partial charge in [-0.25, -0.2) is 0 Å². The molecular weight excluding hydrogens is 356 g/mol. The van der Waals surface area contributed by atoms with Crippen LogP contribution in [-0.4, -0.2) is 26.7 Å². The van der Waals surface area contributed by atoms with Crippen LogP contribution in [0.2, 0.25) is 0 Å². The van der Waals surface area contributed by atoms with Crippen molar-refractivity contribution in [3.63, 3.8) is 0 Å². The van der Waals surface area contributed by atoms with Gasteiger partial charge in [0.25, 0.3) is 0 Å². The van der Waals surface area contributed by atoms with E-state index in [4.69, 9.17) is 14.2 Å². The van der Waals surface area contributed by atoms with Crippen LogP contribution in [-0.2, 0) is 4.79 Å². The highest BCUT2D eigenvalue weighted by Crippen LogP contribution is 2.29. The van der Waals surface area contributed by atoms with Crippen molar-refractivity contribution in [2.75, 3.05) is 31.4 Å². The van der Waals surface area contributed by atoms with Gasteiger partial charge in [0.2, 0.25) is 5.91 Å². The van der Waals surface area contributed by atoms with Crippen LogP contribution in [0.25, 0.3) is 0 Å². The summed E-state index contributed by atoms with van der Waals surface area (Å²) >= 11 is 0. The number of para-hydroxylation sites is 1. The van der Waals surface area contributed by atoms with Gasteiger partial charge in [0.1, 0.15) is 11.5 Å². The third-order valence-electron chi connectivity index (χ3n) is 3.95.